The fourth-order valence-corrected chi connectivity index (χ4v) is 5.47. The van der Waals surface area contributed by atoms with Crippen molar-refractivity contribution in [2.75, 3.05) is 15.9 Å². The smallest absolute Gasteiger partial charge is 0.257 e. The van der Waals surface area contributed by atoms with Crippen molar-refractivity contribution < 1.29 is 13.2 Å². The first-order valence-corrected chi connectivity index (χ1v) is 10.8. The van der Waals surface area contributed by atoms with Gasteiger partial charge in [-0.2, -0.15) is 0 Å². The van der Waals surface area contributed by atoms with Crippen LogP contribution in [0, 0.1) is 0 Å². The van der Waals surface area contributed by atoms with Crippen LogP contribution in [0.15, 0.2) is 42.5 Å². The summed E-state index contributed by atoms with van der Waals surface area (Å²) in [6, 6.07) is 12.7. The van der Waals surface area contributed by atoms with Gasteiger partial charge in [0.25, 0.3) is 5.91 Å². The third-order valence-corrected chi connectivity index (χ3v) is 6.59. The molecule has 1 aromatic heterocycles. The summed E-state index contributed by atoms with van der Waals surface area (Å²) in [6.07, 6.45) is 1.79. The van der Waals surface area contributed by atoms with Crippen molar-refractivity contribution in [3.63, 3.8) is 0 Å². The average Bonchev–Trinajstić information content (AvgIpc) is 3.12. The summed E-state index contributed by atoms with van der Waals surface area (Å²) < 4.78 is 26.4. The third-order valence-electron chi connectivity index (χ3n) is 4.37. The highest BCUT2D eigenvalue weighted by molar-refractivity contribution is 7.92. The second kappa shape index (κ2) is 6.07. The van der Waals surface area contributed by atoms with E-state index in [1.165, 1.54) is 21.9 Å². The molecule has 0 bridgehead atoms. The number of para-hydroxylation sites is 1. The Morgan fingerprint density at radius 3 is 2.77 bits per heavy atom. The predicted molar refractivity (Wildman–Crippen MR) is 105 cm³/mol. The van der Waals surface area contributed by atoms with Crippen molar-refractivity contribution in [2.24, 2.45) is 0 Å². The Bertz CT molecular complexity index is 1090. The molecule has 6 nitrogen and oxygen atoms in total. The van der Waals surface area contributed by atoms with Crippen LogP contribution in [0.25, 0.3) is 10.2 Å². The molecule has 4 rings (SSSR count). The Balaban J connectivity index is 1.61. The molecule has 1 amide bonds. The molecule has 3 aromatic rings. The summed E-state index contributed by atoms with van der Waals surface area (Å²) >= 11 is 1.42. The summed E-state index contributed by atoms with van der Waals surface area (Å²) in [4.78, 5) is 17.0. The number of sulfonamides is 1. The van der Waals surface area contributed by atoms with Gasteiger partial charge in [0.1, 0.15) is 0 Å². The van der Waals surface area contributed by atoms with Gasteiger partial charge in [0.15, 0.2) is 5.13 Å². The molecule has 0 saturated heterocycles. The number of fused-ring (bicyclic) bond motifs is 2. The van der Waals surface area contributed by atoms with Crippen molar-refractivity contribution in [2.45, 2.75) is 19.4 Å². The van der Waals surface area contributed by atoms with Crippen LogP contribution in [0.4, 0.5) is 10.8 Å². The van der Waals surface area contributed by atoms with Crippen molar-refractivity contribution in [1.29, 1.82) is 0 Å². The lowest BCUT2D eigenvalue weighted by Gasteiger charge is -2.21. The first-order valence-electron chi connectivity index (χ1n) is 8.12. The van der Waals surface area contributed by atoms with Gasteiger partial charge < -0.3 is 0 Å². The lowest BCUT2D eigenvalue weighted by molar-refractivity contribution is 0.102. The highest BCUT2D eigenvalue weighted by Crippen LogP contribution is 2.35. The van der Waals surface area contributed by atoms with Gasteiger partial charge in [0.05, 0.1) is 22.2 Å². The number of thiazole rings is 1. The van der Waals surface area contributed by atoms with Gasteiger partial charge in [0, 0.05) is 11.6 Å². The molecule has 1 aliphatic rings. The Kier molecular flexibility index (Phi) is 3.96. The third kappa shape index (κ3) is 2.95. The zero-order valence-electron chi connectivity index (χ0n) is 14.3. The van der Waals surface area contributed by atoms with E-state index in [0.717, 1.165) is 15.8 Å². The summed E-state index contributed by atoms with van der Waals surface area (Å²) in [7, 11) is -3.34. The van der Waals surface area contributed by atoms with Gasteiger partial charge in [-0.25, -0.2) is 13.4 Å². The molecule has 26 heavy (non-hydrogen) atoms. The van der Waals surface area contributed by atoms with E-state index < -0.39 is 10.0 Å². The standard InChI is InChI=1S/C18H17N3O3S2/c1-11-9-13-10-12(7-8-15(13)21(11)26(2,23)24)17(22)20-18-19-14-5-3-4-6-16(14)25-18/h3-8,10-11H,9H2,1-2H3,(H,19,20,22). The number of aromatic nitrogens is 1. The molecule has 1 unspecified atom stereocenters. The van der Waals surface area contributed by atoms with Crippen LogP contribution in [-0.4, -0.2) is 31.6 Å². The molecule has 1 N–H and O–H groups in total. The largest absolute Gasteiger partial charge is 0.298 e. The maximum Gasteiger partial charge on any atom is 0.257 e. The number of nitrogens with one attached hydrogen (secondary N) is 1. The molecule has 1 atom stereocenters. The van der Waals surface area contributed by atoms with Gasteiger partial charge >= 0.3 is 0 Å². The molecule has 0 radical (unpaired) electrons. The number of hydrogen-bond donors (Lipinski definition) is 1. The second-order valence-corrected chi connectivity index (χ2v) is 9.29. The first kappa shape index (κ1) is 17.0. The maximum absolute atomic E-state index is 12.6. The fourth-order valence-electron chi connectivity index (χ4n) is 3.34. The van der Waals surface area contributed by atoms with Crippen LogP contribution in [0.2, 0.25) is 0 Å². The van der Waals surface area contributed by atoms with Gasteiger partial charge in [-0.05, 0) is 49.2 Å². The molecule has 1 aliphatic heterocycles. The van der Waals surface area contributed by atoms with E-state index in [0.29, 0.717) is 22.8 Å². The van der Waals surface area contributed by atoms with Crippen LogP contribution in [0.5, 0.6) is 0 Å². The SMILES string of the molecule is CC1Cc2cc(C(=O)Nc3nc4ccccc4s3)ccc2N1S(C)(=O)=O. The molecule has 8 heteroatoms. The lowest BCUT2D eigenvalue weighted by Crippen LogP contribution is -2.34. The number of benzene rings is 2. The maximum atomic E-state index is 12.6. The van der Waals surface area contributed by atoms with Gasteiger partial charge in [-0.15, -0.1) is 0 Å². The summed E-state index contributed by atoms with van der Waals surface area (Å²) in [5.41, 5.74) is 2.85. The molecular formula is C18H17N3O3S2. The molecular weight excluding hydrogens is 370 g/mol. The van der Waals surface area contributed by atoms with Crippen molar-refractivity contribution >= 4 is 48.3 Å². The van der Waals surface area contributed by atoms with Crippen molar-refractivity contribution in [3.8, 4) is 0 Å². The van der Waals surface area contributed by atoms with Crippen LogP contribution >= 0.6 is 11.3 Å². The van der Waals surface area contributed by atoms with E-state index in [4.69, 9.17) is 0 Å². The van der Waals surface area contributed by atoms with Gasteiger partial charge in [-0.3, -0.25) is 14.4 Å². The number of rotatable bonds is 3. The molecule has 0 saturated carbocycles. The average molecular weight is 387 g/mol. The molecule has 2 aromatic carbocycles. The van der Waals surface area contributed by atoms with E-state index in [1.54, 1.807) is 18.2 Å². The molecule has 134 valence electrons. The van der Waals surface area contributed by atoms with Crippen molar-refractivity contribution in [3.05, 3.63) is 53.6 Å². The first-order chi connectivity index (χ1) is 12.3. The monoisotopic (exact) mass is 387 g/mol. The number of carbonyl (C=O) groups excluding carboxylic acids is 1. The molecule has 2 heterocycles. The van der Waals surface area contributed by atoms with Crippen LogP contribution < -0.4 is 9.62 Å². The van der Waals surface area contributed by atoms with Crippen LogP contribution in [0.3, 0.4) is 0 Å². The normalized spacial score (nSPS) is 16.7. The Hall–Kier alpha value is -2.45. The number of nitrogens with zero attached hydrogens (tertiary/aromatic N) is 2. The van der Waals surface area contributed by atoms with E-state index in [-0.39, 0.29) is 11.9 Å². The molecule has 0 aliphatic carbocycles. The fraction of sp³-hybridized carbons (Fsp3) is 0.222. The lowest BCUT2D eigenvalue weighted by atomic mass is 10.1. The van der Waals surface area contributed by atoms with E-state index in [1.807, 2.05) is 31.2 Å². The number of hydrogen-bond acceptors (Lipinski definition) is 5. The molecule has 0 spiro atoms. The predicted octanol–water partition coefficient (Wildman–Crippen LogP) is 3.26. The number of amides is 1. The van der Waals surface area contributed by atoms with Gasteiger partial charge in [-0.1, -0.05) is 23.5 Å². The minimum absolute atomic E-state index is 0.150. The van der Waals surface area contributed by atoms with E-state index >= 15 is 0 Å². The summed E-state index contributed by atoms with van der Waals surface area (Å²) in [5, 5.41) is 3.37. The zero-order valence-corrected chi connectivity index (χ0v) is 15.9. The Morgan fingerprint density at radius 1 is 1.27 bits per heavy atom. The summed E-state index contributed by atoms with van der Waals surface area (Å²) in [5.74, 6) is -0.252. The minimum atomic E-state index is -3.34. The zero-order chi connectivity index (χ0) is 18.5. The second-order valence-electron chi connectivity index (χ2n) is 6.40. The Morgan fingerprint density at radius 2 is 2.04 bits per heavy atom. The summed E-state index contributed by atoms with van der Waals surface area (Å²) in [6.45, 7) is 1.86. The molecule has 0 fully saturated rings. The number of carbonyl (C=O) groups is 1. The quantitative estimate of drug-likeness (QED) is 0.748. The van der Waals surface area contributed by atoms with Crippen LogP contribution in [-0.2, 0) is 16.4 Å². The van der Waals surface area contributed by atoms with E-state index in [2.05, 4.69) is 10.3 Å². The topological polar surface area (TPSA) is 79.4 Å². The van der Waals surface area contributed by atoms with Gasteiger partial charge in [0.2, 0.25) is 10.0 Å². The Labute approximate surface area is 155 Å². The number of anilines is 2. The van der Waals surface area contributed by atoms with Crippen molar-refractivity contribution in [1.82, 2.24) is 4.98 Å². The van der Waals surface area contributed by atoms with Crippen LogP contribution in [0.1, 0.15) is 22.8 Å². The highest BCUT2D eigenvalue weighted by atomic mass is 32.2. The minimum Gasteiger partial charge on any atom is -0.298 e. The van der Waals surface area contributed by atoms with E-state index in [9.17, 15) is 13.2 Å². The highest BCUT2D eigenvalue weighted by Gasteiger charge is 2.32.